The highest BCUT2D eigenvalue weighted by molar-refractivity contribution is 5.80. The summed E-state index contributed by atoms with van der Waals surface area (Å²) < 4.78 is 11.4. The fraction of sp³-hybridized carbons (Fsp3) is 0.609. The maximum Gasteiger partial charge on any atom is 0.332 e. The smallest absolute Gasteiger partial charge is 0.332 e. The van der Waals surface area contributed by atoms with Gasteiger partial charge in [-0.05, 0) is 70.5 Å². The SMILES string of the molecule is CC(C)CCCNC(=O)Cn1cnc2c1c(=O)n(C)c(=O)n2C.CN(C)CCCCNC(=O)Cn1cnc2c1c(=O)n(C)c(=O)n2C.Cn1c(=O)c2c(ncn2CC(=O)NCCCC(C)(C)C)n(C)c1=O. The first-order valence-electron chi connectivity index (χ1n) is 23.5. The Hall–Kier alpha value is -7.18. The molecular formula is C46H72N16O9. The zero-order valence-electron chi connectivity index (χ0n) is 43.5. The van der Waals surface area contributed by atoms with E-state index in [1.54, 1.807) is 21.1 Å². The van der Waals surface area contributed by atoms with Crippen LogP contribution in [0.25, 0.3) is 33.5 Å². The Kier molecular flexibility index (Phi) is 19.5. The van der Waals surface area contributed by atoms with Crippen LogP contribution in [0, 0.1) is 11.3 Å². The van der Waals surface area contributed by atoms with Gasteiger partial charge < -0.3 is 34.6 Å². The van der Waals surface area contributed by atoms with Crippen LogP contribution < -0.4 is 49.7 Å². The Morgan fingerprint density at radius 3 is 1.15 bits per heavy atom. The third-order valence-electron chi connectivity index (χ3n) is 11.7. The van der Waals surface area contributed by atoms with Crippen LogP contribution in [0.15, 0.2) is 47.7 Å². The zero-order chi connectivity index (χ0) is 53.1. The van der Waals surface area contributed by atoms with Crippen molar-refractivity contribution in [1.29, 1.82) is 0 Å². The molecule has 0 saturated carbocycles. The van der Waals surface area contributed by atoms with Gasteiger partial charge in [-0.25, -0.2) is 29.3 Å². The molecule has 0 aliphatic rings. The quantitative estimate of drug-likeness (QED) is 0.0897. The van der Waals surface area contributed by atoms with Gasteiger partial charge >= 0.3 is 17.1 Å². The Morgan fingerprint density at radius 2 is 0.845 bits per heavy atom. The number of amides is 3. The van der Waals surface area contributed by atoms with E-state index >= 15 is 0 Å². The van der Waals surface area contributed by atoms with Crippen LogP contribution in [-0.2, 0) is 76.3 Å². The van der Waals surface area contributed by atoms with Gasteiger partial charge in [0.25, 0.3) is 16.7 Å². The molecule has 0 atom stereocenters. The molecule has 0 saturated heterocycles. The van der Waals surface area contributed by atoms with Crippen molar-refractivity contribution >= 4 is 51.2 Å². The molecule has 0 bridgehead atoms. The summed E-state index contributed by atoms with van der Waals surface area (Å²) in [6.45, 7) is 13.5. The molecule has 25 heteroatoms. The van der Waals surface area contributed by atoms with E-state index < -0.39 is 33.7 Å². The average molecular weight is 993 g/mol. The summed E-state index contributed by atoms with van der Waals surface area (Å²) >= 11 is 0. The van der Waals surface area contributed by atoms with E-state index in [4.69, 9.17) is 0 Å². The second-order valence-electron chi connectivity index (χ2n) is 19.5. The molecule has 6 rings (SSSR count). The third-order valence-corrected chi connectivity index (χ3v) is 11.7. The van der Waals surface area contributed by atoms with Gasteiger partial charge in [-0.1, -0.05) is 34.6 Å². The Bertz CT molecular complexity index is 3220. The fourth-order valence-electron chi connectivity index (χ4n) is 7.55. The molecule has 0 spiro atoms. The number of imidazole rings is 3. The molecule has 0 unspecified atom stereocenters. The summed E-state index contributed by atoms with van der Waals surface area (Å²) in [5.41, 5.74) is -0.834. The van der Waals surface area contributed by atoms with Gasteiger partial charge in [-0.2, -0.15) is 0 Å². The number of aromatic nitrogens is 12. The molecule has 0 fully saturated rings. The highest BCUT2D eigenvalue weighted by Gasteiger charge is 2.19. The number of carbonyl (C=O) groups excluding carboxylic acids is 3. The summed E-state index contributed by atoms with van der Waals surface area (Å²) in [5, 5.41) is 8.53. The first-order valence-corrected chi connectivity index (χ1v) is 23.5. The summed E-state index contributed by atoms with van der Waals surface area (Å²) in [4.78, 5) is 123. The third kappa shape index (κ3) is 14.4. The van der Waals surface area contributed by atoms with E-state index in [1.165, 1.54) is 67.5 Å². The largest absolute Gasteiger partial charge is 0.355 e. The lowest BCUT2D eigenvalue weighted by Gasteiger charge is -2.17. The average Bonchev–Trinajstić information content (AvgIpc) is 4.05. The molecule has 6 heterocycles. The minimum Gasteiger partial charge on any atom is -0.355 e. The highest BCUT2D eigenvalue weighted by atomic mass is 16.2. The number of rotatable bonds is 18. The molecule has 0 aliphatic carbocycles. The molecule has 6 aromatic rings. The van der Waals surface area contributed by atoms with E-state index in [9.17, 15) is 43.2 Å². The van der Waals surface area contributed by atoms with E-state index in [0.29, 0.717) is 25.6 Å². The lowest BCUT2D eigenvalue weighted by Crippen LogP contribution is -2.38. The first-order chi connectivity index (χ1) is 33.3. The van der Waals surface area contributed by atoms with Gasteiger partial charge in [0.1, 0.15) is 19.6 Å². The van der Waals surface area contributed by atoms with Crippen LogP contribution in [-0.4, -0.2) is 119 Å². The summed E-state index contributed by atoms with van der Waals surface area (Å²) in [6, 6.07) is 0. The minimum atomic E-state index is -0.454. The molecule has 3 amide bonds. The lowest BCUT2D eigenvalue weighted by atomic mass is 9.91. The number of carbonyl (C=O) groups is 3. The predicted octanol–water partition coefficient (Wildman–Crippen LogP) is -0.746. The topological polar surface area (TPSA) is 276 Å². The number of hydrogen-bond donors (Lipinski definition) is 3. The number of fused-ring (bicyclic) bond motifs is 3. The molecule has 25 nitrogen and oxygen atoms in total. The normalized spacial score (nSPS) is 11.5. The monoisotopic (exact) mass is 993 g/mol. The van der Waals surface area contributed by atoms with E-state index in [-0.39, 0.29) is 76.3 Å². The predicted molar refractivity (Wildman–Crippen MR) is 270 cm³/mol. The molecule has 6 aromatic heterocycles. The van der Waals surface area contributed by atoms with Gasteiger partial charge in [0.05, 0.1) is 19.0 Å². The van der Waals surface area contributed by atoms with Crippen molar-refractivity contribution in [2.75, 3.05) is 40.3 Å². The van der Waals surface area contributed by atoms with Crippen molar-refractivity contribution in [3.63, 3.8) is 0 Å². The molecule has 3 N–H and O–H groups in total. The van der Waals surface area contributed by atoms with Crippen molar-refractivity contribution in [2.45, 2.75) is 92.8 Å². The molecular weight excluding hydrogens is 921 g/mol. The van der Waals surface area contributed by atoms with Gasteiger partial charge in [-0.3, -0.25) is 56.2 Å². The minimum absolute atomic E-state index is 0.000534. The Labute approximate surface area is 409 Å². The van der Waals surface area contributed by atoms with Gasteiger partial charge in [0, 0.05) is 61.9 Å². The summed E-state index contributed by atoms with van der Waals surface area (Å²) in [5.74, 6) is 0.0620. The number of nitrogens with zero attached hydrogens (tertiary/aromatic N) is 13. The van der Waals surface area contributed by atoms with Crippen LogP contribution in [0.3, 0.4) is 0 Å². The second kappa shape index (κ2) is 24.6. The lowest BCUT2D eigenvalue weighted by molar-refractivity contribution is -0.122. The molecule has 0 aromatic carbocycles. The maximum absolute atomic E-state index is 12.3. The van der Waals surface area contributed by atoms with Crippen LogP contribution >= 0.6 is 0 Å². The number of aryl methyl sites for hydroxylation is 3. The molecule has 390 valence electrons. The van der Waals surface area contributed by atoms with Crippen molar-refractivity contribution in [1.82, 2.24) is 76.9 Å². The number of hydrogen-bond acceptors (Lipinski definition) is 13. The molecule has 0 aliphatic heterocycles. The first kappa shape index (κ1) is 56.4. The highest BCUT2D eigenvalue weighted by Crippen LogP contribution is 2.19. The molecule has 0 radical (unpaired) electrons. The standard InChI is InChI=1S/C16H25N5O3.C15H24N6O3.C15H23N5O3/c1-16(2,3)7-6-8-17-11(22)9-21-10-18-13-12(21)14(23)20(5)15(24)19(13)4;1-18(2)8-6-5-7-16-11(22)9-21-10-17-13-12(21)14(23)20(4)15(24)19(13)3;1-10(2)6-5-7-16-11(21)8-20-9-17-13-12(20)14(22)19(4)15(23)18(13)3/h10H,6-9H2,1-5H3,(H,17,22);10H,5-9H2,1-4H3,(H,16,22);9-10H,5-8H2,1-4H3,(H,16,21). The Morgan fingerprint density at radius 1 is 0.521 bits per heavy atom. The second-order valence-corrected chi connectivity index (χ2v) is 19.5. The summed E-state index contributed by atoms with van der Waals surface area (Å²) in [6.07, 6.45) is 10.0. The van der Waals surface area contributed by atoms with E-state index in [2.05, 4.69) is 70.4 Å². The van der Waals surface area contributed by atoms with E-state index in [0.717, 1.165) is 58.8 Å². The van der Waals surface area contributed by atoms with Crippen LogP contribution in [0.2, 0.25) is 0 Å². The van der Waals surface area contributed by atoms with Crippen molar-refractivity contribution in [3.05, 3.63) is 81.5 Å². The van der Waals surface area contributed by atoms with Gasteiger partial charge in [0.15, 0.2) is 33.5 Å². The van der Waals surface area contributed by atoms with Gasteiger partial charge in [0.2, 0.25) is 17.7 Å². The maximum atomic E-state index is 12.3. The Balaban J connectivity index is 0.000000231. The number of unbranched alkanes of at least 4 members (excludes halogenated alkanes) is 1. The van der Waals surface area contributed by atoms with Crippen LogP contribution in [0.5, 0.6) is 0 Å². The molecule has 71 heavy (non-hydrogen) atoms. The fourth-order valence-corrected chi connectivity index (χ4v) is 7.55. The summed E-state index contributed by atoms with van der Waals surface area (Å²) in [7, 11) is 12.9. The number of nitrogens with one attached hydrogen (secondary N) is 3. The van der Waals surface area contributed by atoms with Gasteiger partial charge in [-0.15, -0.1) is 0 Å². The van der Waals surface area contributed by atoms with Crippen LogP contribution in [0.4, 0.5) is 0 Å². The van der Waals surface area contributed by atoms with Crippen molar-refractivity contribution in [3.8, 4) is 0 Å². The van der Waals surface area contributed by atoms with E-state index in [1.807, 2.05) is 14.1 Å². The van der Waals surface area contributed by atoms with Crippen molar-refractivity contribution < 1.29 is 14.4 Å². The zero-order valence-corrected chi connectivity index (χ0v) is 43.5. The van der Waals surface area contributed by atoms with Crippen molar-refractivity contribution in [2.24, 2.45) is 53.6 Å². The van der Waals surface area contributed by atoms with Crippen LogP contribution in [0.1, 0.15) is 73.1 Å².